The number of benzene rings is 2. The van der Waals surface area contributed by atoms with E-state index in [0.29, 0.717) is 24.7 Å². The maximum Gasteiger partial charge on any atom is 0.237 e. The zero-order valence-electron chi connectivity index (χ0n) is 20.5. The van der Waals surface area contributed by atoms with Crippen LogP contribution in [0.15, 0.2) is 47.0 Å². The summed E-state index contributed by atoms with van der Waals surface area (Å²) in [5.41, 5.74) is 3.41. The molecular formula is C27H30N6O3. The van der Waals surface area contributed by atoms with Crippen LogP contribution in [-0.2, 0) is 16.8 Å². The quantitative estimate of drug-likeness (QED) is 0.383. The molecule has 0 N–H and O–H groups in total. The molecule has 0 spiro atoms. The van der Waals surface area contributed by atoms with E-state index >= 15 is 0 Å². The Balaban J connectivity index is 1.17. The molecule has 1 aliphatic heterocycles. The van der Waals surface area contributed by atoms with Gasteiger partial charge < -0.3 is 14.2 Å². The Hall–Kier alpha value is -3.75. The molecule has 2 aromatic carbocycles. The molecule has 0 atom stereocenters. The Morgan fingerprint density at radius 2 is 1.83 bits per heavy atom. The van der Waals surface area contributed by atoms with Gasteiger partial charge in [0.1, 0.15) is 11.3 Å². The largest absolute Gasteiger partial charge is 0.497 e. The summed E-state index contributed by atoms with van der Waals surface area (Å²) in [6.07, 6.45) is 7.00. The van der Waals surface area contributed by atoms with Gasteiger partial charge in [-0.3, -0.25) is 4.79 Å². The number of ether oxygens (including phenoxy) is 1. The Kier molecular flexibility index (Phi) is 5.91. The van der Waals surface area contributed by atoms with Gasteiger partial charge >= 0.3 is 0 Å². The first-order valence-electron chi connectivity index (χ1n) is 12.8. The van der Waals surface area contributed by atoms with Gasteiger partial charge in [-0.1, -0.05) is 35.3 Å². The third kappa shape index (κ3) is 4.23. The van der Waals surface area contributed by atoms with Crippen LogP contribution in [0.25, 0.3) is 22.4 Å². The van der Waals surface area contributed by atoms with Gasteiger partial charge in [-0.05, 0) is 61.6 Å². The number of hydrogen-bond donors (Lipinski definition) is 0. The lowest BCUT2D eigenvalue weighted by atomic mass is 9.96. The number of carbonyl (C=O) groups excluding carboxylic acids is 1. The molecule has 2 fully saturated rings. The van der Waals surface area contributed by atoms with E-state index in [2.05, 4.69) is 27.6 Å². The molecule has 1 saturated carbocycles. The lowest BCUT2D eigenvalue weighted by molar-refractivity contribution is -0.131. The topological polar surface area (TPSA) is 99.2 Å². The second kappa shape index (κ2) is 9.37. The van der Waals surface area contributed by atoms with Crippen LogP contribution in [0.1, 0.15) is 56.4 Å². The maximum atomic E-state index is 12.7. The van der Waals surface area contributed by atoms with Crippen LogP contribution in [-0.4, -0.2) is 56.1 Å². The van der Waals surface area contributed by atoms with Crippen LogP contribution in [0.3, 0.4) is 0 Å². The summed E-state index contributed by atoms with van der Waals surface area (Å²) in [6.45, 7) is 2.25. The van der Waals surface area contributed by atoms with E-state index in [9.17, 15) is 4.79 Å². The standard InChI is InChI=1S/C27H30N6O3/c1-35-21-9-7-20(8-10-21)27(13-14-27)26-28-25(30-36-26)19-6-11-23-22(18-19)29-31-33(23)17-12-24(34)32-15-4-2-3-5-16-32/h6-11,18H,2-5,12-17H2,1H3. The van der Waals surface area contributed by atoms with Crippen molar-refractivity contribution in [3.05, 3.63) is 53.9 Å². The summed E-state index contributed by atoms with van der Waals surface area (Å²) in [5, 5.41) is 12.9. The molecule has 0 radical (unpaired) electrons. The zero-order valence-corrected chi connectivity index (χ0v) is 20.5. The maximum absolute atomic E-state index is 12.7. The number of likely N-dealkylation sites (tertiary alicyclic amines) is 1. The van der Waals surface area contributed by atoms with Crippen molar-refractivity contribution in [3.63, 3.8) is 0 Å². The van der Waals surface area contributed by atoms with Crippen LogP contribution >= 0.6 is 0 Å². The molecule has 1 amide bonds. The first-order chi connectivity index (χ1) is 17.7. The second-order valence-corrected chi connectivity index (χ2v) is 9.79. The second-order valence-electron chi connectivity index (χ2n) is 9.79. The van der Waals surface area contributed by atoms with E-state index in [0.717, 1.165) is 66.7 Å². The zero-order chi connectivity index (χ0) is 24.5. The minimum absolute atomic E-state index is 0.197. The monoisotopic (exact) mass is 486 g/mol. The fraction of sp³-hybridized carbons (Fsp3) is 0.444. The number of nitrogens with zero attached hydrogens (tertiary/aromatic N) is 6. The van der Waals surface area contributed by atoms with E-state index < -0.39 is 0 Å². The van der Waals surface area contributed by atoms with Crippen molar-refractivity contribution in [2.24, 2.45) is 0 Å². The number of aryl methyl sites for hydroxylation is 1. The Labute approximate surface area is 209 Å². The van der Waals surface area contributed by atoms with Crippen molar-refractivity contribution in [3.8, 4) is 17.1 Å². The van der Waals surface area contributed by atoms with Crippen molar-refractivity contribution < 1.29 is 14.1 Å². The molecule has 0 bridgehead atoms. The lowest BCUT2D eigenvalue weighted by Gasteiger charge is -2.20. The molecule has 4 aromatic rings. The number of amides is 1. The highest BCUT2D eigenvalue weighted by atomic mass is 16.5. The molecule has 1 aliphatic carbocycles. The van der Waals surface area contributed by atoms with Gasteiger partial charge in [0.15, 0.2) is 0 Å². The molecule has 9 heteroatoms. The third-order valence-corrected chi connectivity index (χ3v) is 7.50. The summed E-state index contributed by atoms with van der Waals surface area (Å²) in [4.78, 5) is 19.4. The molecule has 2 aliphatic rings. The fourth-order valence-electron chi connectivity index (χ4n) is 5.15. The van der Waals surface area contributed by atoms with Gasteiger partial charge in [-0.25, -0.2) is 4.68 Å². The highest BCUT2D eigenvalue weighted by molar-refractivity contribution is 5.80. The first kappa shape index (κ1) is 22.7. The van der Waals surface area contributed by atoms with E-state index in [1.807, 2.05) is 35.2 Å². The number of fused-ring (bicyclic) bond motifs is 1. The van der Waals surface area contributed by atoms with Crippen molar-refractivity contribution in [1.82, 2.24) is 30.0 Å². The van der Waals surface area contributed by atoms with Gasteiger partial charge in [-0.15, -0.1) is 5.10 Å². The normalized spacial score (nSPS) is 17.2. The smallest absolute Gasteiger partial charge is 0.237 e. The van der Waals surface area contributed by atoms with Crippen molar-refractivity contribution in [2.75, 3.05) is 20.2 Å². The highest BCUT2D eigenvalue weighted by Gasteiger charge is 2.51. The van der Waals surface area contributed by atoms with E-state index in [1.165, 1.54) is 12.8 Å². The van der Waals surface area contributed by atoms with Gasteiger partial charge in [0.05, 0.1) is 24.6 Å². The molecule has 0 unspecified atom stereocenters. The predicted molar refractivity (Wildman–Crippen MR) is 133 cm³/mol. The van der Waals surface area contributed by atoms with Crippen LogP contribution in [0.2, 0.25) is 0 Å². The Bertz CT molecular complexity index is 1360. The summed E-state index contributed by atoms with van der Waals surface area (Å²) in [5.74, 6) is 2.20. The molecule has 6 rings (SSSR count). The molecule has 36 heavy (non-hydrogen) atoms. The molecular weight excluding hydrogens is 456 g/mol. The van der Waals surface area contributed by atoms with Crippen molar-refractivity contribution in [1.29, 1.82) is 0 Å². The fourth-order valence-corrected chi connectivity index (χ4v) is 5.15. The molecule has 1 saturated heterocycles. The van der Waals surface area contributed by atoms with Crippen LogP contribution in [0, 0.1) is 0 Å². The molecule has 3 heterocycles. The summed E-state index contributed by atoms with van der Waals surface area (Å²) in [7, 11) is 1.66. The van der Waals surface area contributed by atoms with E-state index in [4.69, 9.17) is 14.2 Å². The molecule has 2 aromatic heterocycles. The van der Waals surface area contributed by atoms with Crippen LogP contribution < -0.4 is 4.74 Å². The van der Waals surface area contributed by atoms with Gasteiger partial charge in [0, 0.05) is 25.1 Å². The number of carbonyl (C=O) groups is 1. The van der Waals surface area contributed by atoms with Gasteiger partial charge in [0.25, 0.3) is 0 Å². The van der Waals surface area contributed by atoms with Crippen molar-refractivity contribution in [2.45, 2.75) is 56.9 Å². The number of methoxy groups -OCH3 is 1. The van der Waals surface area contributed by atoms with Crippen molar-refractivity contribution >= 4 is 16.9 Å². The summed E-state index contributed by atoms with van der Waals surface area (Å²) in [6, 6.07) is 13.9. The number of aromatic nitrogens is 5. The first-order valence-corrected chi connectivity index (χ1v) is 12.8. The summed E-state index contributed by atoms with van der Waals surface area (Å²) < 4.78 is 12.8. The average molecular weight is 487 g/mol. The summed E-state index contributed by atoms with van der Waals surface area (Å²) >= 11 is 0. The van der Waals surface area contributed by atoms with Crippen LogP contribution in [0.5, 0.6) is 5.75 Å². The predicted octanol–water partition coefficient (Wildman–Crippen LogP) is 4.36. The van der Waals surface area contributed by atoms with Gasteiger partial charge in [-0.2, -0.15) is 4.98 Å². The van der Waals surface area contributed by atoms with Crippen LogP contribution in [0.4, 0.5) is 0 Å². The Morgan fingerprint density at radius 1 is 1.06 bits per heavy atom. The van der Waals surface area contributed by atoms with E-state index in [-0.39, 0.29) is 11.3 Å². The minimum Gasteiger partial charge on any atom is -0.497 e. The lowest BCUT2D eigenvalue weighted by Crippen LogP contribution is -2.32. The van der Waals surface area contributed by atoms with E-state index in [1.54, 1.807) is 11.8 Å². The molecule has 9 nitrogen and oxygen atoms in total. The number of rotatable bonds is 7. The van der Waals surface area contributed by atoms with Gasteiger partial charge in [0.2, 0.25) is 17.6 Å². The average Bonchev–Trinajstić information content (AvgIpc) is 3.52. The molecule has 186 valence electrons. The SMILES string of the molecule is COc1ccc(C2(c3nc(-c4ccc5c(c4)nnn5CCC(=O)N4CCCCCC4)no3)CC2)cc1. The number of hydrogen-bond acceptors (Lipinski definition) is 7. The Morgan fingerprint density at radius 3 is 2.56 bits per heavy atom. The highest BCUT2D eigenvalue weighted by Crippen LogP contribution is 2.53. The minimum atomic E-state index is -0.218. The third-order valence-electron chi connectivity index (χ3n) is 7.50.